The largest absolute Gasteiger partial charge is 0.494 e. The fourth-order valence-electron chi connectivity index (χ4n) is 3.85. The number of fused-ring (bicyclic) bond motifs is 1. The second-order valence-corrected chi connectivity index (χ2v) is 8.87. The van der Waals surface area contributed by atoms with Gasteiger partial charge in [-0.15, -0.1) is 0 Å². The standard InChI is InChI=1S/C24H27N7O3/c1-5-33-19-8-6-7-17(11-19)14-31-23-20(13-26-31)22(27-21(12-25)28-23)30-10-9-29(15-18(30)16-32)34-24(2,3)4/h6-8,11,13H,5,9-10,14-15H2,1-4H3. The Balaban J connectivity index is 1.68. The lowest BCUT2D eigenvalue weighted by Crippen LogP contribution is -2.48. The van der Waals surface area contributed by atoms with Crippen LogP contribution in [0.3, 0.4) is 0 Å². The maximum absolute atomic E-state index is 11.8. The molecule has 10 nitrogen and oxygen atoms in total. The molecule has 1 fully saturated rings. The Bertz CT molecular complexity index is 1280. The molecule has 1 aromatic carbocycles. The molecule has 3 aromatic rings. The van der Waals surface area contributed by atoms with Crippen LogP contribution >= 0.6 is 0 Å². The van der Waals surface area contributed by atoms with Crippen LogP contribution in [0.5, 0.6) is 5.75 Å². The van der Waals surface area contributed by atoms with Crippen molar-refractivity contribution in [1.29, 1.82) is 5.26 Å². The molecule has 1 aliphatic heterocycles. The number of benzene rings is 1. The van der Waals surface area contributed by atoms with E-state index in [1.165, 1.54) is 0 Å². The smallest absolute Gasteiger partial charge is 0.236 e. The van der Waals surface area contributed by atoms with E-state index in [0.29, 0.717) is 48.8 Å². The molecule has 34 heavy (non-hydrogen) atoms. The monoisotopic (exact) mass is 461 g/mol. The van der Waals surface area contributed by atoms with Gasteiger partial charge in [-0.3, -0.25) is 4.84 Å². The number of hydrogen-bond acceptors (Lipinski definition) is 9. The van der Waals surface area contributed by atoms with E-state index in [1.807, 2.05) is 64.0 Å². The second kappa shape index (κ2) is 9.61. The van der Waals surface area contributed by atoms with Crippen LogP contribution in [-0.4, -0.2) is 62.6 Å². The third-order valence-electron chi connectivity index (χ3n) is 5.12. The minimum Gasteiger partial charge on any atom is -0.494 e. The van der Waals surface area contributed by atoms with Crippen LogP contribution in [0.1, 0.15) is 39.1 Å². The van der Waals surface area contributed by atoms with E-state index in [9.17, 15) is 10.1 Å². The van der Waals surface area contributed by atoms with Crippen LogP contribution in [0.25, 0.3) is 11.0 Å². The summed E-state index contributed by atoms with van der Waals surface area (Å²) in [6.07, 6.45) is 1.67. The van der Waals surface area contributed by atoms with Crippen molar-refractivity contribution < 1.29 is 14.4 Å². The molecule has 0 unspecified atom stereocenters. The number of aromatic nitrogens is 4. The lowest BCUT2D eigenvalue weighted by atomic mass is 10.2. The van der Waals surface area contributed by atoms with Crippen molar-refractivity contribution in [2.24, 2.45) is 0 Å². The first-order valence-corrected chi connectivity index (χ1v) is 11.1. The summed E-state index contributed by atoms with van der Waals surface area (Å²) in [5.74, 6) is 3.27. The lowest BCUT2D eigenvalue weighted by molar-refractivity contribution is -0.225. The molecule has 0 amide bonds. The fourth-order valence-corrected chi connectivity index (χ4v) is 3.85. The molecule has 0 saturated carbocycles. The van der Waals surface area contributed by atoms with E-state index in [0.717, 1.165) is 11.3 Å². The predicted molar refractivity (Wildman–Crippen MR) is 126 cm³/mol. The average Bonchev–Trinajstić information content (AvgIpc) is 3.20. The van der Waals surface area contributed by atoms with Gasteiger partial charge in [0.1, 0.15) is 29.3 Å². The Morgan fingerprint density at radius 1 is 1.21 bits per heavy atom. The predicted octanol–water partition coefficient (Wildman–Crippen LogP) is 2.71. The van der Waals surface area contributed by atoms with E-state index in [1.54, 1.807) is 20.8 Å². The highest BCUT2D eigenvalue weighted by molar-refractivity contribution is 5.89. The Morgan fingerprint density at radius 2 is 2.03 bits per heavy atom. The van der Waals surface area contributed by atoms with Gasteiger partial charge in [0.2, 0.25) is 5.82 Å². The first-order valence-electron chi connectivity index (χ1n) is 11.1. The summed E-state index contributed by atoms with van der Waals surface area (Å²) in [5, 5.41) is 16.5. The summed E-state index contributed by atoms with van der Waals surface area (Å²) in [4.78, 5) is 28.4. The summed E-state index contributed by atoms with van der Waals surface area (Å²) in [6, 6.07) is 9.78. The second-order valence-electron chi connectivity index (χ2n) is 8.87. The van der Waals surface area contributed by atoms with Crippen LogP contribution < -0.4 is 9.64 Å². The highest BCUT2D eigenvalue weighted by Gasteiger charge is 2.29. The van der Waals surface area contributed by atoms with Gasteiger partial charge in [0.05, 0.1) is 36.9 Å². The molecule has 1 saturated heterocycles. The highest BCUT2D eigenvalue weighted by atomic mass is 16.7. The van der Waals surface area contributed by atoms with Gasteiger partial charge in [-0.25, -0.2) is 14.5 Å². The molecule has 1 aliphatic rings. The molecule has 0 spiro atoms. The van der Waals surface area contributed by atoms with Gasteiger partial charge in [-0.1, -0.05) is 12.1 Å². The van der Waals surface area contributed by atoms with E-state index in [4.69, 9.17) is 9.57 Å². The third kappa shape index (κ3) is 5.07. The molecule has 0 N–H and O–H groups in total. The van der Waals surface area contributed by atoms with Gasteiger partial charge in [0, 0.05) is 13.1 Å². The minimum absolute atomic E-state index is 0.00550. The number of carbonyl (C=O) groups excluding carboxylic acids is 1. The van der Waals surface area contributed by atoms with E-state index >= 15 is 0 Å². The van der Waals surface area contributed by atoms with Crippen molar-refractivity contribution in [3.8, 4) is 11.8 Å². The minimum atomic E-state index is -0.382. The number of anilines is 1. The summed E-state index contributed by atoms with van der Waals surface area (Å²) in [6.45, 7) is 10.1. The molecule has 0 bridgehead atoms. The SMILES string of the molecule is CCOc1cccc(Cn2ncc3c(N4CCN(OC(C)(C)C)CC4=C=O)nc(C#N)nc32)c1. The van der Waals surface area contributed by atoms with Crippen molar-refractivity contribution in [1.82, 2.24) is 24.8 Å². The molecule has 0 aliphatic carbocycles. The van der Waals surface area contributed by atoms with Crippen LogP contribution in [0.2, 0.25) is 0 Å². The van der Waals surface area contributed by atoms with Gasteiger partial charge in [0.25, 0.3) is 0 Å². The molecule has 176 valence electrons. The van der Waals surface area contributed by atoms with E-state index in [2.05, 4.69) is 15.1 Å². The maximum Gasteiger partial charge on any atom is 0.236 e. The normalized spacial score (nSPS) is 14.8. The van der Waals surface area contributed by atoms with Crippen molar-refractivity contribution in [2.45, 2.75) is 39.8 Å². The number of hydrogen-bond donors (Lipinski definition) is 0. The number of nitrogens with zero attached hydrogens (tertiary/aromatic N) is 7. The van der Waals surface area contributed by atoms with Crippen LogP contribution in [0.4, 0.5) is 5.82 Å². The third-order valence-corrected chi connectivity index (χ3v) is 5.12. The van der Waals surface area contributed by atoms with Crippen LogP contribution in [-0.2, 0) is 16.2 Å². The zero-order valence-corrected chi connectivity index (χ0v) is 19.8. The first-order chi connectivity index (χ1) is 16.3. The molecule has 2 aromatic heterocycles. The summed E-state index contributed by atoms with van der Waals surface area (Å²) >= 11 is 0. The summed E-state index contributed by atoms with van der Waals surface area (Å²) in [7, 11) is 0. The molecule has 0 atom stereocenters. The fraction of sp³-hybridized carbons (Fsp3) is 0.417. The van der Waals surface area contributed by atoms with E-state index < -0.39 is 0 Å². The topological polar surface area (TPSA) is 109 Å². The maximum atomic E-state index is 11.8. The zero-order chi connectivity index (χ0) is 24.3. The zero-order valence-electron chi connectivity index (χ0n) is 19.8. The van der Waals surface area contributed by atoms with Gasteiger partial charge >= 0.3 is 0 Å². The molecular weight excluding hydrogens is 434 g/mol. The first kappa shape index (κ1) is 23.4. The summed E-state index contributed by atoms with van der Waals surface area (Å²) < 4.78 is 7.31. The number of ether oxygens (including phenoxy) is 1. The molecular formula is C24H27N7O3. The molecule has 3 heterocycles. The van der Waals surface area contributed by atoms with Crippen molar-refractivity contribution in [3.05, 3.63) is 47.5 Å². The Labute approximate surface area is 198 Å². The number of nitriles is 1. The van der Waals surface area contributed by atoms with Crippen molar-refractivity contribution in [2.75, 3.05) is 31.1 Å². The number of rotatable bonds is 6. The van der Waals surface area contributed by atoms with Gasteiger partial charge in [-0.2, -0.15) is 20.4 Å². The molecule has 10 heteroatoms. The van der Waals surface area contributed by atoms with E-state index in [-0.39, 0.29) is 18.0 Å². The summed E-state index contributed by atoms with van der Waals surface area (Å²) in [5.41, 5.74) is 1.49. The van der Waals surface area contributed by atoms with Gasteiger partial charge in [-0.05, 0) is 45.4 Å². The molecule has 0 radical (unpaired) electrons. The Morgan fingerprint density at radius 3 is 2.74 bits per heavy atom. The van der Waals surface area contributed by atoms with Crippen molar-refractivity contribution >= 4 is 22.8 Å². The highest BCUT2D eigenvalue weighted by Crippen LogP contribution is 2.29. The quantitative estimate of drug-likeness (QED) is 0.512. The number of piperazine rings is 1. The van der Waals surface area contributed by atoms with Crippen LogP contribution in [0.15, 0.2) is 36.2 Å². The lowest BCUT2D eigenvalue weighted by Gasteiger charge is -2.38. The Hall–Kier alpha value is -3.77. The van der Waals surface area contributed by atoms with Crippen LogP contribution in [0, 0.1) is 11.3 Å². The van der Waals surface area contributed by atoms with Gasteiger partial charge < -0.3 is 9.64 Å². The molecule has 4 rings (SSSR count). The van der Waals surface area contributed by atoms with Crippen molar-refractivity contribution in [3.63, 3.8) is 0 Å². The Kier molecular flexibility index (Phi) is 6.61. The number of hydroxylamine groups is 2. The average molecular weight is 462 g/mol. The van der Waals surface area contributed by atoms with Gasteiger partial charge in [0.15, 0.2) is 5.65 Å².